The van der Waals surface area contributed by atoms with Crippen molar-refractivity contribution < 1.29 is 9.47 Å². The van der Waals surface area contributed by atoms with Crippen molar-refractivity contribution in [3.63, 3.8) is 0 Å². The highest BCUT2D eigenvalue weighted by molar-refractivity contribution is 7.11. The maximum absolute atomic E-state index is 5.41. The van der Waals surface area contributed by atoms with E-state index in [2.05, 4.69) is 41.6 Å². The van der Waals surface area contributed by atoms with Crippen LogP contribution in [-0.2, 0) is 13.0 Å². The van der Waals surface area contributed by atoms with Crippen molar-refractivity contribution in [3.05, 3.63) is 45.6 Å². The van der Waals surface area contributed by atoms with E-state index in [-0.39, 0.29) is 0 Å². The molecule has 24 heavy (non-hydrogen) atoms. The van der Waals surface area contributed by atoms with Gasteiger partial charge in [0.25, 0.3) is 0 Å². The van der Waals surface area contributed by atoms with Crippen molar-refractivity contribution >= 4 is 17.3 Å². The monoisotopic (exact) mass is 345 g/mol. The molecule has 128 valence electrons. The third kappa shape index (κ3) is 4.20. The molecule has 0 radical (unpaired) electrons. The molecule has 6 heteroatoms. The van der Waals surface area contributed by atoms with E-state index in [1.54, 1.807) is 7.05 Å². The summed E-state index contributed by atoms with van der Waals surface area (Å²) in [5.41, 5.74) is 1.13. The van der Waals surface area contributed by atoms with Crippen LogP contribution in [-0.4, -0.2) is 25.8 Å². The van der Waals surface area contributed by atoms with Crippen LogP contribution in [0.15, 0.2) is 35.3 Å². The quantitative estimate of drug-likeness (QED) is 0.646. The number of nitrogens with zero attached hydrogens (tertiary/aromatic N) is 1. The van der Waals surface area contributed by atoms with Crippen molar-refractivity contribution in [1.29, 1.82) is 0 Å². The number of fused-ring (bicyclic) bond motifs is 1. The molecule has 5 nitrogen and oxygen atoms in total. The zero-order valence-corrected chi connectivity index (χ0v) is 15.1. The molecule has 0 amide bonds. The molecule has 1 aliphatic rings. The molecule has 1 aromatic carbocycles. The molecule has 0 saturated heterocycles. The Kier molecular flexibility index (Phi) is 5.25. The molecule has 0 aliphatic carbocycles. The fourth-order valence-electron chi connectivity index (χ4n) is 2.61. The fourth-order valence-corrected chi connectivity index (χ4v) is 3.63. The summed E-state index contributed by atoms with van der Waals surface area (Å²) in [6.07, 6.45) is 0.989. The van der Waals surface area contributed by atoms with E-state index < -0.39 is 0 Å². The first-order valence-corrected chi connectivity index (χ1v) is 8.86. The zero-order chi connectivity index (χ0) is 16.9. The number of aliphatic imine (C=N–C) groups is 1. The van der Waals surface area contributed by atoms with Crippen LogP contribution >= 0.6 is 11.3 Å². The molecular formula is C18H23N3O2S. The summed E-state index contributed by atoms with van der Waals surface area (Å²) in [5.74, 6) is 2.41. The van der Waals surface area contributed by atoms with Crippen LogP contribution in [0.1, 0.15) is 22.2 Å². The summed E-state index contributed by atoms with van der Waals surface area (Å²) in [4.78, 5) is 7.04. The summed E-state index contributed by atoms with van der Waals surface area (Å²) >= 11 is 1.85. The molecule has 2 heterocycles. The molecule has 2 aromatic rings. The predicted octanol–water partition coefficient (Wildman–Crippen LogP) is 3.08. The highest BCUT2D eigenvalue weighted by atomic mass is 32.1. The van der Waals surface area contributed by atoms with Crippen LogP contribution < -0.4 is 20.1 Å². The van der Waals surface area contributed by atoms with Gasteiger partial charge in [0.2, 0.25) is 6.79 Å². The van der Waals surface area contributed by atoms with Gasteiger partial charge < -0.3 is 20.1 Å². The minimum absolute atomic E-state index is 0.301. The first-order chi connectivity index (χ1) is 11.6. The van der Waals surface area contributed by atoms with Crippen LogP contribution in [0.3, 0.4) is 0 Å². The van der Waals surface area contributed by atoms with E-state index >= 15 is 0 Å². The van der Waals surface area contributed by atoms with Gasteiger partial charge in [0.05, 0.1) is 0 Å². The number of thiophene rings is 1. The Hall–Kier alpha value is -2.21. The molecule has 0 bridgehead atoms. The van der Waals surface area contributed by atoms with Crippen molar-refractivity contribution in [2.45, 2.75) is 32.9 Å². The number of nitrogens with one attached hydrogen (secondary N) is 2. The SMILES string of the molecule is CN=C(NCc1ccc2c(c1)OCO2)NC(C)Cc1ccc(C)s1. The van der Waals surface area contributed by atoms with Gasteiger partial charge >= 0.3 is 0 Å². The highest BCUT2D eigenvalue weighted by Gasteiger charge is 2.13. The fraction of sp³-hybridized carbons (Fsp3) is 0.389. The molecule has 1 unspecified atom stereocenters. The zero-order valence-electron chi connectivity index (χ0n) is 14.3. The average molecular weight is 345 g/mol. The second-order valence-electron chi connectivity index (χ2n) is 5.88. The van der Waals surface area contributed by atoms with Crippen LogP contribution in [0.5, 0.6) is 11.5 Å². The smallest absolute Gasteiger partial charge is 0.231 e. The Morgan fingerprint density at radius 1 is 1.25 bits per heavy atom. The number of benzene rings is 1. The summed E-state index contributed by atoms with van der Waals surface area (Å²) in [6, 6.07) is 10.6. The van der Waals surface area contributed by atoms with Gasteiger partial charge in [-0.1, -0.05) is 6.07 Å². The highest BCUT2D eigenvalue weighted by Crippen LogP contribution is 2.32. The largest absolute Gasteiger partial charge is 0.454 e. The summed E-state index contributed by atoms with van der Waals surface area (Å²) < 4.78 is 10.7. The second-order valence-corrected chi connectivity index (χ2v) is 7.25. The van der Waals surface area contributed by atoms with Gasteiger partial charge in [0.15, 0.2) is 17.5 Å². The number of aryl methyl sites for hydroxylation is 1. The van der Waals surface area contributed by atoms with Crippen molar-refractivity contribution in [3.8, 4) is 11.5 Å². The molecule has 0 saturated carbocycles. The standard InChI is InChI=1S/C18H23N3O2S/c1-12(8-15-6-4-13(2)24-15)21-18(19-3)20-10-14-5-7-16-17(9-14)23-11-22-16/h4-7,9,12H,8,10-11H2,1-3H3,(H2,19,20,21). The lowest BCUT2D eigenvalue weighted by atomic mass is 10.2. The average Bonchev–Trinajstić information content (AvgIpc) is 3.19. The summed E-state index contributed by atoms with van der Waals surface area (Å²) in [6.45, 7) is 5.29. The Morgan fingerprint density at radius 3 is 2.83 bits per heavy atom. The van der Waals surface area contributed by atoms with E-state index in [4.69, 9.17) is 9.47 Å². The van der Waals surface area contributed by atoms with Gasteiger partial charge in [-0.3, -0.25) is 4.99 Å². The van der Waals surface area contributed by atoms with Crippen molar-refractivity contribution in [1.82, 2.24) is 10.6 Å². The van der Waals surface area contributed by atoms with Crippen molar-refractivity contribution in [2.24, 2.45) is 4.99 Å². The van der Waals surface area contributed by atoms with Gasteiger partial charge in [-0.15, -0.1) is 11.3 Å². The van der Waals surface area contributed by atoms with Crippen LogP contribution in [0, 0.1) is 6.92 Å². The lowest BCUT2D eigenvalue weighted by molar-refractivity contribution is 0.174. The molecule has 2 N–H and O–H groups in total. The normalized spacial score (nSPS) is 14.5. The van der Waals surface area contributed by atoms with Crippen LogP contribution in [0.2, 0.25) is 0 Å². The third-order valence-electron chi connectivity index (χ3n) is 3.81. The minimum Gasteiger partial charge on any atom is -0.454 e. The molecule has 0 fully saturated rings. The van der Waals surface area contributed by atoms with E-state index in [1.165, 1.54) is 9.75 Å². The number of hydrogen-bond donors (Lipinski definition) is 2. The van der Waals surface area contributed by atoms with Gasteiger partial charge in [-0.05, 0) is 43.7 Å². The maximum Gasteiger partial charge on any atom is 0.231 e. The third-order valence-corrected chi connectivity index (χ3v) is 4.83. The van der Waals surface area contributed by atoms with Gasteiger partial charge in [-0.2, -0.15) is 0 Å². The topological polar surface area (TPSA) is 54.9 Å². The molecule has 1 aromatic heterocycles. The Bertz CT molecular complexity index is 727. The van der Waals surface area contributed by atoms with Crippen LogP contribution in [0.25, 0.3) is 0 Å². The van der Waals surface area contributed by atoms with Crippen molar-refractivity contribution in [2.75, 3.05) is 13.8 Å². The Balaban J connectivity index is 1.51. The number of guanidine groups is 1. The maximum atomic E-state index is 5.41. The lowest BCUT2D eigenvalue weighted by Gasteiger charge is -2.17. The first kappa shape index (κ1) is 16.6. The molecule has 0 spiro atoms. The number of rotatable bonds is 5. The van der Waals surface area contributed by atoms with E-state index in [1.807, 2.05) is 29.5 Å². The summed E-state index contributed by atoms with van der Waals surface area (Å²) in [5, 5.41) is 6.78. The Labute approximate surface area is 146 Å². The second kappa shape index (κ2) is 7.57. The van der Waals surface area contributed by atoms with E-state index in [9.17, 15) is 0 Å². The molecular weight excluding hydrogens is 322 g/mol. The van der Waals surface area contributed by atoms with Gasteiger partial charge in [0.1, 0.15) is 0 Å². The summed E-state index contributed by atoms with van der Waals surface area (Å²) in [7, 11) is 1.79. The molecule has 1 aliphatic heterocycles. The first-order valence-electron chi connectivity index (χ1n) is 8.05. The minimum atomic E-state index is 0.301. The number of ether oxygens (including phenoxy) is 2. The lowest BCUT2D eigenvalue weighted by Crippen LogP contribution is -2.42. The predicted molar refractivity (Wildman–Crippen MR) is 98.1 cm³/mol. The van der Waals surface area contributed by atoms with Crippen LogP contribution in [0.4, 0.5) is 0 Å². The van der Waals surface area contributed by atoms with E-state index in [0.717, 1.165) is 29.4 Å². The van der Waals surface area contributed by atoms with E-state index in [0.29, 0.717) is 19.4 Å². The molecule has 3 rings (SSSR count). The number of hydrogen-bond acceptors (Lipinski definition) is 4. The van der Waals surface area contributed by atoms with Gasteiger partial charge in [0, 0.05) is 35.8 Å². The van der Waals surface area contributed by atoms with Gasteiger partial charge in [-0.25, -0.2) is 0 Å². The molecule has 1 atom stereocenters. The Morgan fingerprint density at radius 2 is 2.08 bits per heavy atom.